The van der Waals surface area contributed by atoms with Gasteiger partial charge in [-0.1, -0.05) is 42.1 Å². The van der Waals surface area contributed by atoms with E-state index in [0.717, 1.165) is 11.0 Å². The van der Waals surface area contributed by atoms with Gasteiger partial charge in [0.2, 0.25) is 5.91 Å². The van der Waals surface area contributed by atoms with Gasteiger partial charge in [0, 0.05) is 13.6 Å². The fourth-order valence-corrected chi connectivity index (χ4v) is 2.97. The Kier molecular flexibility index (Phi) is 6.18. The first-order chi connectivity index (χ1) is 11.0. The zero-order valence-corrected chi connectivity index (χ0v) is 14.8. The molecule has 1 N–H and O–H groups in total. The summed E-state index contributed by atoms with van der Waals surface area (Å²) < 4.78 is 1.88. The molecule has 124 valence electrons. The van der Waals surface area contributed by atoms with E-state index in [4.69, 9.17) is 0 Å². The van der Waals surface area contributed by atoms with E-state index in [1.807, 2.05) is 50.8 Å². The number of aryl methyl sites for hydroxylation is 1. The van der Waals surface area contributed by atoms with Crippen molar-refractivity contribution in [1.29, 1.82) is 0 Å². The van der Waals surface area contributed by atoms with Gasteiger partial charge in [0.25, 0.3) is 0 Å². The SMILES string of the molecule is Cc1nnc(SCC(=O)NC[C@H](c2ccccc2)N(C)C)n1C. The molecule has 0 aliphatic heterocycles. The van der Waals surface area contributed by atoms with E-state index in [1.54, 1.807) is 0 Å². The molecule has 23 heavy (non-hydrogen) atoms. The maximum atomic E-state index is 12.1. The Labute approximate surface area is 141 Å². The number of thioether (sulfide) groups is 1. The number of rotatable bonds is 7. The van der Waals surface area contributed by atoms with Crippen LogP contribution in [0.2, 0.25) is 0 Å². The minimum absolute atomic E-state index is 0.00145. The Morgan fingerprint density at radius 1 is 1.30 bits per heavy atom. The minimum atomic E-state index is -0.00145. The predicted octanol–water partition coefficient (Wildman–Crippen LogP) is 1.63. The quantitative estimate of drug-likeness (QED) is 0.781. The van der Waals surface area contributed by atoms with Crippen molar-refractivity contribution >= 4 is 17.7 Å². The van der Waals surface area contributed by atoms with Gasteiger partial charge in [-0.05, 0) is 26.6 Å². The van der Waals surface area contributed by atoms with Crippen LogP contribution in [0, 0.1) is 6.92 Å². The van der Waals surface area contributed by atoms with Crippen LogP contribution >= 0.6 is 11.8 Å². The summed E-state index contributed by atoms with van der Waals surface area (Å²) in [5, 5.41) is 11.8. The van der Waals surface area contributed by atoms with Crippen molar-refractivity contribution in [2.45, 2.75) is 18.1 Å². The van der Waals surface area contributed by atoms with Crippen LogP contribution in [-0.4, -0.2) is 52.0 Å². The summed E-state index contributed by atoms with van der Waals surface area (Å²) in [6.45, 7) is 2.47. The predicted molar refractivity (Wildman–Crippen MR) is 92.3 cm³/mol. The molecule has 6 nitrogen and oxygen atoms in total. The molecule has 0 aliphatic carbocycles. The van der Waals surface area contributed by atoms with Gasteiger partial charge in [0.05, 0.1) is 11.8 Å². The van der Waals surface area contributed by atoms with Crippen molar-refractivity contribution in [3.8, 4) is 0 Å². The van der Waals surface area contributed by atoms with Crippen LogP contribution in [0.5, 0.6) is 0 Å². The summed E-state index contributed by atoms with van der Waals surface area (Å²) >= 11 is 1.40. The number of benzene rings is 1. The number of carbonyl (C=O) groups is 1. The molecule has 0 fully saturated rings. The Bertz CT molecular complexity index is 641. The molecule has 0 bridgehead atoms. The van der Waals surface area contributed by atoms with E-state index in [-0.39, 0.29) is 11.9 Å². The molecule has 0 unspecified atom stereocenters. The molecule has 0 radical (unpaired) electrons. The van der Waals surface area contributed by atoms with Crippen LogP contribution in [0.3, 0.4) is 0 Å². The first-order valence-corrected chi connectivity index (χ1v) is 8.44. The smallest absolute Gasteiger partial charge is 0.230 e. The third-order valence-electron chi connectivity index (χ3n) is 3.69. The highest BCUT2D eigenvalue weighted by atomic mass is 32.2. The fraction of sp³-hybridized carbons (Fsp3) is 0.438. The maximum absolute atomic E-state index is 12.1. The lowest BCUT2D eigenvalue weighted by atomic mass is 10.1. The third kappa shape index (κ3) is 4.80. The van der Waals surface area contributed by atoms with Crippen LogP contribution < -0.4 is 5.32 Å². The zero-order valence-electron chi connectivity index (χ0n) is 14.0. The second-order valence-electron chi connectivity index (χ2n) is 5.57. The van der Waals surface area contributed by atoms with Crippen LogP contribution in [0.1, 0.15) is 17.4 Å². The van der Waals surface area contributed by atoms with Crippen molar-refractivity contribution in [1.82, 2.24) is 25.0 Å². The number of nitrogens with one attached hydrogen (secondary N) is 1. The lowest BCUT2D eigenvalue weighted by Crippen LogP contribution is -2.35. The first kappa shape index (κ1) is 17.5. The maximum Gasteiger partial charge on any atom is 0.230 e. The lowest BCUT2D eigenvalue weighted by molar-refractivity contribution is -0.118. The van der Waals surface area contributed by atoms with Crippen LogP contribution in [0.15, 0.2) is 35.5 Å². The number of carbonyl (C=O) groups excluding carboxylic acids is 1. The monoisotopic (exact) mass is 333 g/mol. The number of nitrogens with zero attached hydrogens (tertiary/aromatic N) is 4. The summed E-state index contributed by atoms with van der Waals surface area (Å²) in [4.78, 5) is 14.2. The number of hydrogen-bond acceptors (Lipinski definition) is 5. The molecular weight excluding hydrogens is 310 g/mol. The van der Waals surface area contributed by atoms with Gasteiger partial charge in [-0.15, -0.1) is 10.2 Å². The van der Waals surface area contributed by atoms with E-state index in [9.17, 15) is 4.79 Å². The average molecular weight is 333 g/mol. The summed E-state index contributed by atoms with van der Waals surface area (Å²) in [5.74, 6) is 1.17. The molecule has 7 heteroatoms. The zero-order chi connectivity index (χ0) is 16.8. The van der Waals surface area contributed by atoms with E-state index in [0.29, 0.717) is 12.3 Å². The standard InChI is InChI=1S/C16H23N5OS/c1-12-18-19-16(21(12)4)23-11-15(22)17-10-14(20(2)3)13-8-6-5-7-9-13/h5-9,14H,10-11H2,1-4H3,(H,17,22)/t14-/m1/s1. The van der Waals surface area contributed by atoms with Crippen LogP contribution in [-0.2, 0) is 11.8 Å². The fourth-order valence-electron chi connectivity index (χ4n) is 2.18. The Morgan fingerprint density at radius 2 is 2.00 bits per heavy atom. The van der Waals surface area contributed by atoms with E-state index >= 15 is 0 Å². The molecule has 1 atom stereocenters. The summed E-state index contributed by atoms with van der Waals surface area (Å²) in [7, 11) is 5.93. The second-order valence-corrected chi connectivity index (χ2v) is 6.51. The normalized spacial score (nSPS) is 12.4. The highest BCUT2D eigenvalue weighted by molar-refractivity contribution is 7.99. The van der Waals surface area contributed by atoms with Gasteiger partial charge < -0.3 is 14.8 Å². The van der Waals surface area contributed by atoms with E-state index in [1.165, 1.54) is 17.3 Å². The average Bonchev–Trinajstić information content (AvgIpc) is 2.85. The van der Waals surface area contributed by atoms with Gasteiger partial charge >= 0.3 is 0 Å². The van der Waals surface area contributed by atoms with Gasteiger partial charge in [0.15, 0.2) is 5.16 Å². The molecule has 0 saturated carbocycles. The number of hydrogen-bond donors (Lipinski definition) is 1. The Balaban J connectivity index is 1.86. The van der Waals surface area contributed by atoms with Gasteiger partial charge in [-0.3, -0.25) is 4.79 Å². The van der Waals surface area contributed by atoms with Crippen molar-refractivity contribution in [3.05, 3.63) is 41.7 Å². The molecule has 0 spiro atoms. The lowest BCUT2D eigenvalue weighted by Gasteiger charge is -2.25. The molecule has 0 aliphatic rings. The molecule has 1 amide bonds. The van der Waals surface area contributed by atoms with Crippen LogP contribution in [0.25, 0.3) is 0 Å². The topological polar surface area (TPSA) is 63.1 Å². The second kappa shape index (κ2) is 8.12. The molecule has 1 aromatic heterocycles. The molecule has 0 saturated heterocycles. The van der Waals surface area contributed by atoms with Crippen molar-refractivity contribution < 1.29 is 4.79 Å². The number of aromatic nitrogens is 3. The summed E-state index contributed by atoms with van der Waals surface area (Å²) in [6, 6.07) is 10.3. The molecule has 1 aromatic carbocycles. The summed E-state index contributed by atoms with van der Waals surface area (Å²) in [6.07, 6.45) is 0. The van der Waals surface area contributed by atoms with Crippen molar-refractivity contribution in [2.75, 3.05) is 26.4 Å². The summed E-state index contributed by atoms with van der Waals surface area (Å²) in [5.41, 5.74) is 1.19. The van der Waals surface area contributed by atoms with Crippen molar-refractivity contribution in [2.24, 2.45) is 7.05 Å². The first-order valence-electron chi connectivity index (χ1n) is 7.46. The molecule has 2 rings (SSSR count). The minimum Gasteiger partial charge on any atom is -0.353 e. The van der Waals surface area contributed by atoms with E-state index < -0.39 is 0 Å². The highest BCUT2D eigenvalue weighted by Crippen LogP contribution is 2.17. The van der Waals surface area contributed by atoms with Crippen LogP contribution in [0.4, 0.5) is 0 Å². The van der Waals surface area contributed by atoms with E-state index in [2.05, 4.69) is 32.5 Å². The molecular formula is C16H23N5OS. The Morgan fingerprint density at radius 3 is 2.57 bits per heavy atom. The van der Waals surface area contributed by atoms with Gasteiger partial charge in [-0.25, -0.2) is 0 Å². The van der Waals surface area contributed by atoms with Gasteiger partial charge in [0.1, 0.15) is 5.82 Å². The Hall–Kier alpha value is -1.86. The largest absolute Gasteiger partial charge is 0.353 e. The number of likely N-dealkylation sites (N-methyl/N-ethyl adjacent to an activating group) is 1. The van der Waals surface area contributed by atoms with Crippen molar-refractivity contribution in [3.63, 3.8) is 0 Å². The molecule has 1 heterocycles. The highest BCUT2D eigenvalue weighted by Gasteiger charge is 2.15. The third-order valence-corrected chi connectivity index (χ3v) is 4.71. The van der Waals surface area contributed by atoms with Gasteiger partial charge in [-0.2, -0.15) is 0 Å². The number of amides is 1. The molecule has 2 aromatic rings.